The summed E-state index contributed by atoms with van der Waals surface area (Å²) < 4.78 is 16.0. The molecule has 6 aliphatic rings. The van der Waals surface area contributed by atoms with Crippen molar-refractivity contribution in [3.8, 4) is 5.75 Å². The first-order chi connectivity index (χ1) is 22.2. The number of ketones is 2. The molecule has 4 fully saturated rings. The van der Waals surface area contributed by atoms with Crippen LogP contribution in [0.15, 0.2) is 23.0 Å². The lowest BCUT2D eigenvalue weighted by Crippen LogP contribution is -2.65. The van der Waals surface area contributed by atoms with Crippen LogP contribution in [-0.4, -0.2) is 105 Å². The molecule has 0 bridgehead atoms. The molecule has 47 heavy (non-hydrogen) atoms. The number of primary amides is 1. The molecule has 1 saturated heterocycles. The lowest BCUT2D eigenvalue weighted by molar-refractivity contribution is -0.153. The smallest absolute Gasteiger partial charge is 0.255 e. The number of anilines is 1. The summed E-state index contributed by atoms with van der Waals surface area (Å²) in [5.74, 6) is -7.96. The van der Waals surface area contributed by atoms with Gasteiger partial charge in [-0.05, 0) is 83.2 Å². The number of phenols is 1. The fraction of sp³-hybridized carbons (Fsp3) is 0.588. The third kappa shape index (κ3) is 4.88. The number of rotatable bonds is 8. The lowest BCUT2D eigenvalue weighted by Gasteiger charge is -2.50. The minimum atomic E-state index is -2.79. The van der Waals surface area contributed by atoms with Gasteiger partial charge in [-0.15, -0.1) is 0 Å². The van der Waals surface area contributed by atoms with Crippen LogP contribution in [-0.2, 0) is 25.6 Å². The van der Waals surface area contributed by atoms with Crippen LogP contribution >= 0.6 is 0 Å². The van der Waals surface area contributed by atoms with Crippen molar-refractivity contribution in [1.29, 1.82) is 0 Å². The molecule has 0 aromatic heterocycles. The SMILES string of the molecule is CN(C)[C@@H]1C(=O)C(C(N)=O)=C(O)[C@@]2(O)C(=O)C3=C(O)c4c(O)c(N5CCC[C@H](N(CC6CC6)CC6CC6)C5=O)cc(F)c4C[C@H]3C[C@@H]12. The van der Waals surface area contributed by atoms with Gasteiger partial charge < -0.3 is 31.1 Å². The molecule has 0 radical (unpaired) electrons. The van der Waals surface area contributed by atoms with Crippen molar-refractivity contribution in [3.63, 3.8) is 0 Å². The van der Waals surface area contributed by atoms with E-state index in [-0.39, 0.29) is 47.7 Å². The van der Waals surface area contributed by atoms with Gasteiger partial charge in [0.15, 0.2) is 17.1 Å². The van der Waals surface area contributed by atoms with Crippen LogP contribution in [0.1, 0.15) is 56.1 Å². The van der Waals surface area contributed by atoms with Gasteiger partial charge in [0.05, 0.1) is 23.3 Å². The zero-order valence-corrected chi connectivity index (χ0v) is 26.5. The average Bonchev–Trinajstić information content (AvgIpc) is 3.94. The number of nitrogens with two attached hydrogens (primary N) is 1. The Kier molecular flexibility index (Phi) is 7.52. The highest BCUT2D eigenvalue weighted by molar-refractivity contribution is 6.24. The summed E-state index contributed by atoms with van der Waals surface area (Å²) in [5, 5.41) is 46.1. The van der Waals surface area contributed by atoms with Crippen LogP contribution < -0.4 is 10.6 Å². The zero-order chi connectivity index (χ0) is 33.7. The van der Waals surface area contributed by atoms with E-state index in [9.17, 15) is 39.6 Å². The minimum Gasteiger partial charge on any atom is -0.508 e. The van der Waals surface area contributed by atoms with Gasteiger partial charge in [-0.2, -0.15) is 0 Å². The highest BCUT2D eigenvalue weighted by atomic mass is 19.1. The number of fused-ring (bicyclic) bond motifs is 3. The van der Waals surface area contributed by atoms with E-state index in [2.05, 4.69) is 4.90 Å². The van der Waals surface area contributed by atoms with Crippen LogP contribution in [0.4, 0.5) is 10.1 Å². The number of carbonyl (C=O) groups is 4. The lowest BCUT2D eigenvalue weighted by atomic mass is 9.57. The summed E-state index contributed by atoms with van der Waals surface area (Å²) in [6, 6.07) is -0.551. The van der Waals surface area contributed by atoms with E-state index in [1.54, 1.807) is 0 Å². The third-order valence-electron chi connectivity index (χ3n) is 11.2. The van der Waals surface area contributed by atoms with Crippen LogP contribution in [0.3, 0.4) is 0 Å². The van der Waals surface area contributed by atoms with Crippen LogP contribution in [0.25, 0.3) is 5.76 Å². The van der Waals surface area contributed by atoms with Gasteiger partial charge in [-0.1, -0.05) is 0 Å². The number of aliphatic hydroxyl groups excluding tert-OH is 2. The van der Waals surface area contributed by atoms with Gasteiger partial charge in [0.2, 0.25) is 11.7 Å². The van der Waals surface area contributed by atoms with Gasteiger partial charge in [-0.3, -0.25) is 29.0 Å². The number of hydrogen-bond donors (Lipinski definition) is 5. The quantitative estimate of drug-likeness (QED) is 0.259. The van der Waals surface area contributed by atoms with Crippen molar-refractivity contribution in [2.45, 2.75) is 69.1 Å². The zero-order valence-electron chi connectivity index (χ0n) is 26.5. The third-order valence-corrected chi connectivity index (χ3v) is 11.2. The maximum Gasteiger partial charge on any atom is 0.255 e. The Bertz CT molecular complexity index is 1650. The van der Waals surface area contributed by atoms with E-state index in [1.807, 2.05) is 0 Å². The molecule has 12 nitrogen and oxygen atoms in total. The standard InChI is InChI=1S/C34H41FN4O8/c1-37(2)26-19-11-17-10-18-20(35)12-22(39-9-3-4-21(33(39)46)38(13-15-5-6-15)14-16-7-8-16)27(40)24(18)28(41)23(17)30(43)34(19,47)31(44)25(29(26)42)32(36)45/h12,15-17,19,21,26,40-41,44,47H,3-11,13-14H2,1-2H3,(H2,36,45)/t17-,19-,21-,26-,34-/m0/s1. The van der Waals surface area contributed by atoms with E-state index < -0.39 is 75.7 Å². The molecule has 0 unspecified atom stereocenters. The molecule has 1 aliphatic heterocycles. The molecule has 2 amide bonds. The van der Waals surface area contributed by atoms with Crippen molar-refractivity contribution in [3.05, 3.63) is 39.9 Å². The van der Waals surface area contributed by atoms with E-state index in [0.29, 0.717) is 24.7 Å². The average molecular weight is 653 g/mol. The Morgan fingerprint density at radius 2 is 1.70 bits per heavy atom. The van der Waals surface area contributed by atoms with E-state index >= 15 is 4.39 Å². The number of piperidine rings is 1. The maximum atomic E-state index is 16.0. The van der Waals surface area contributed by atoms with Gasteiger partial charge in [0.25, 0.3) is 5.91 Å². The molecule has 1 heterocycles. The molecule has 0 spiro atoms. The van der Waals surface area contributed by atoms with Crippen molar-refractivity contribution in [2.75, 3.05) is 38.6 Å². The first-order valence-corrected chi connectivity index (χ1v) is 16.5. The summed E-state index contributed by atoms with van der Waals surface area (Å²) in [5.41, 5.74) is 0.774. The number of aliphatic hydroxyl groups is 3. The Morgan fingerprint density at radius 3 is 2.28 bits per heavy atom. The Balaban J connectivity index is 1.29. The number of nitrogens with zero attached hydrogens (tertiary/aromatic N) is 3. The van der Waals surface area contributed by atoms with Gasteiger partial charge in [-0.25, -0.2) is 4.39 Å². The first-order valence-electron chi connectivity index (χ1n) is 16.5. The van der Waals surface area contributed by atoms with Crippen LogP contribution in [0.5, 0.6) is 5.75 Å². The summed E-state index contributed by atoms with van der Waals surface area (Å²) >= 11 is 0. The van der Waals surface area contributed by atoms with E-state index in [4.69, 9.17) is 5.73 Å². The van der Waals surface area contributed by atoms with E-state index in [1.165, 1.54) is 23.9 Å². The number of phenolic OH excluding ortho intramolecular Hbond substituents is 1. The highest BCUT2D eigenvalue weighted by Crippen LogP contribution is 2.54. The number of carbonyl (C=O) groups excluding carboxylic acids is 4. The fourth-order valence-corrected chi connectivity index (χ4v) is 8.49. The molecular formula is C34H41FN4O8. The van der Waals surface area contributed by atoms with Gasteiger partial charge in [0, 0.05) is 42.8 Å². The second-order valence-electron chi connectivity index (χ2n) is 14.5. The molecule has 252 valence electrons. The number of Topliss-reactive ketones (excluding diaryl/α,β-unsaturated/α-hetero) is 2. The number of hydrogen-bond acceptors (Lipinski definition) is 10. The van der Waals surface area contributed by atoms with Crippen molar-refractivity contribution in [2.24, 2.45) is 29.4 Å². The highest BCUT2D eigenvalue weighted by Gasteiger charge is 2.64. The van der Waals surface area contributed by atoms with Gasteiger partial charge >= 0.3 is 0 Å². The number of halogens is 1. The van der Waals surface area contributed by atoms with E-state index in [0.717, 1.165) is 44.8 Å². The molecule has 3 saturated carbocycles. The summed E-state index contributed by atoms with van der Waals surface area (Å²) in [6.07, 6.45) is 5.51. The molecule has 5 atom stereocenters. The van der Waals surface area contributed by atoms with Crippen molar-refractivity contribution in [1.82, 2.24) is 9.80 Å². The van der Waals surface area contributed by atoms with Crippen molar-refractivity contribution < 1.29 is 44.0 Å². The number of benzene rings is 1. The Labute approximate surface area is 271 Å². The molecule has 1 aromatic carbocycles. The van der Waals surface area contributed by atoms with Gasteiger partial charge in [0.1, 0.15) is 22.9 Å². The normalized spacial score (nSPS) is 31.0. The molecule has 5 aliphatic carbocycles. The second kappa shape index (κ2) is 11.1. The minimum absolute atomic E-state index is 0.0676. The predicted octanol–water partition coefficient (Wildman–Crippen LogP) is 1.72. The second-order valence-corrected chi connectivity index (χ2v) is 14.5. The van der Waals surface area contributed by atoms with Crippen LogP contribution in [0.2, 0.25) is 0 Å². The summed E-state index contributed by atoms with van der Waals surface area (Å²) in [7, 11) is 3.02. The maximum absolute atomic E-state index is 16.0. The topological polar surface area (TPSA) is 185 Å². The molecular weight excluding hydrogens is 611 g/mol. The summed E-state index contributed by atoms with van der Waals surface area (Å²) in [6.45, 7) is 1.88. The Hall–Kier alpha value is -3.81. The number of amides is 2. The largest absolute Gasteiger partial charge is 0.508 e. The first kappa shape index (κ1) is 31.8. The molecule has 7 rings (SSSR count). The monoisotopic (exact) mass is 652 g/mol. The van der Waals surface area contributed by atoms with Crippen LogP contribution in [0, 0.1) is 29.5 Å². The predicted molar refractivity (Wildman–Crippen MR) is 167 cm³/mol. The fourth-order valence-electron chi connectivity index (χ4n) is 8.49. The molecule has 6 N–H and O–H groups in total. The Morgan fingerprint density at radius 1 is 1.06 bits per heavy atom. The summed E-state index contributed by atoms with van der Waals surface area (Å²) in [4.78, 5) is 58.6. The van der Waals surface area contributed by atoms with Crippen molar-refractivity contribution >= 4 is 34.8 Å². The molecule has 13 heteroatoms. The molecule has 1 aromatic rings. The number of likely N-dealkylation sites (N-methyl/N-ethyl adjacent to an activating group) is 1. The number of aromatic hydroxyl groups is 1.